The van der Waals surface area contributed by atoms with Gasteiger partial charge in [-0.05, 0) is 26.4 Å². The lowest BCUT2D eigenvalue weighted by Crippen LogP contribution is -2.50. The second kappa shape index (κ2) is 7.75. The molecule has 21 heavy (non-hydrogen) atoms. The molecule has 0 saturated carbocycles. The number of rotatable bonds is 5. The molecule has 6 heteroatoms. The van der Waals surface area contributed by atoms with Crippen LogP contribution in [0.3, 0.4) is 0 Å². The van der Waals surface area contributed by atoms with Crippen molar-refractivity contribution < 1.29 is 9.59 Å². The molecular weight excluding hydrogens is 268 g/mol. The number of likely N-dealkylation sites (tertiary alicyclic amines) is 1. The van der Waals surface area contributed by atoms with Gasteiger partial charge < -0.3 is 15.5 Å². The maximum Gasteiger partial charge on any atom is 0.224 e. The first-order chi connectivity index (χ1) is 10.1. The molecule has 1 atom stereocenters. The SMILES string of the molecule is CN1CCCC[C@@H]1CC(=O)N1CCN(CCC(N)=O)CC1. The Balaban J connectivity index is 1.71. The molecular formula is C15H28N4O2. The highest BCUT2D eigenvalue weighted by atomic mass is 16.2. The van der Waals surface area contributed by atoms with Gasteiger partial charge >= 0.3 is 0 Å². The number of nitrogens with zero attached hydrogens (tertiary/aromatic N) is 3. The van der Waals surface area contributed by atoms with E-state index in [2.05, 4.69) is 16.8 Å². The highest BCUT2D eigenvalue weighted by Crippen LogP contribution is 2.19. The van der Waals surface area contributed by atoms with E-state index in [0.717, 1.165) is 39.1 Å². The minimum Gasteiger partial charge on any atom is -0.370 e. The van der Waals surface area contributed by atoms with Crippen LogP contribution in [0, 0.1) is 0 Å². The van der Waals surface area contributed by atoms with Gasteiger partial charge in [0, 0.05) is 51.6 Å². The number of carbonyl (C=O) groups excluding carboxylic acids is 2. The van der Waals surface area contributed by atoms with E-state index in [9.17, 15) is 9.59 Å². The molecule has 2 amide bonds. The lowest BCUT2D eigenvalue weighted by Gasteiger charge is -2.37. The van der Waals surface area contributed by atoms with Gasteiger partial charge in [0.15, 0.2) is 0 Å². The standard InChI is InChI=1S/C15H28N4O2/c1-17-6-3-2-4-13(17)12-15(21)19-10-8-18(9-11-19)7-5-14(16)20/h13H,2-12H2,1H3,(H2,16,20)/t13-/m1/s1. The molecule has 2 heterocycles. The largest absolute Gasteiger partial charge is 0.370 e. The molecule has 2 rings (SSSR count). The predicted molar refractivity (Wildman–Crippen MR) is 81.7 cm³/mol. The van der Waals surface area contributed by atoms with E-state index >= 15 is 0 Å². The van der Waals surface area contributed by atoms with E-state index in [1.807, 2.05) is 4.90 Å². The van der Waals surface area contributed by atoms with Crippen molar-refractivity contribution in [3.8, 4) is 0 Å². The van der Waals surface area contributed by atoms with Crippen LogP contribution in [0.2, 0.25) is 0 Å². The molecule has 2 saturated heterocycles. The second-order valence-corrected chi connectivity index (χ2v) is 6.27. The minimum absolute atomic E-state index is 0.256. The number of piperidine rings is 1. The van der Waals surface area contributed by atoms with Crippen LogP contribution in [-0.2, 0) is 9.59 Å². The van der Waals surface area contributed by atoms with Crippen LogP contribution in [0.4, 0.5) is 0 Å². The van der Waals surface area contributed by atoms with Crippen LogP contribution < -0.4 is 5.73 Å². The molecule has 2 fully saturated rings. The van der Waals surface area contributed by atoms with Crippen LogP contribution in [0.1, 0.15) is 32.1 Å². The smallest absolute Gasteiger partial charge is 0.224 e. The third-order valence-corrected chi connectivity index (χ3v) is 4.73. The summed E-state index contributed by atoms with van der Waals surface area (Å²) in [7, 11) is 2.12. The van der Waals surface area contributed by atoms with Crippen molar-refractivity contribution in [2.24, 2.45) is 5.73 Å². The third-order valence-electron chi connectivity index (χ3n) is 4.73. The van der Waals surface area contributed by atoms with Gasteiger partial charge in [0.05, 0.1) is 0 Å². The molecule has 2 N–H and O–H groups in total. The summed E-state index contributed by atoms with van der Waals surface area (Å²) in [6, 6.07) is 0.416. The normalized spacial score (nSPS) is 25.0. The molecule has 6 nitrogen and oxygen atoms in total. The average molecular weight is 296 g/mol. The van der Waals surface area contributed by atoms with Crippen LogP contribution in [-0.4, -0.2) is 78.9 Å². The zero-order valence-electron chi connectivity index (χ0n) is 13.1. The molecule has 0 aromatic heterocycles. The van der Waals surface area contributed by atoms with Crippen LogP contribution in [0.15, 0.2) is 0 Å². The van der Waals surface area contributed by atoms with Gasteiger partial charge in [-0.3, -0.25) is 14.5 Å². The summed E-state index contributed by atoms with van der Waals surface area (Å²) in [4.78, 5) is 29.7. The average Bonchev–Trinajstić information content (AvgIpc) is 2.48. The fourth-order valence-electron chi connectivity index (χ4n) is 3.22. The van der Waals surface area contributed by atoms with Crippen LogP contribution in [0.5, 0.6) is 0 Å². The molecule has 0 radical (unpaired) electrons. The van der Waals surface area contributed by atoms with Crippen molar-refractivity contribution >= 4 is 11.8 Å². The summed E-state index contributed by atoms with van der Waals surface area (Å²) >= 11 is 0. The number of piperazine rings is 1. The molecule has 0 spiro atoms. The Labute approximate surface area is 127 Å². The summed E-state index contributed by atoms with van der Waals surface area (Å²) in [5.41, 5.74) is 5.17. The third kappa shape index (κ3) is 4.97. The van der Waals surface area contributed by atoms with E-state index < -0.39 is 0 Å². The van der Waals surface area contributed by atoms with Crippen LogP contribution >= 0.6 is 0 Å². The van der Waals surface area contributed by atoms with Crippen molar-refractivity contribution in [2.75, 3.05) is 46.3 Å². The number of hydrogen-bond acceptors (Lipinski definition) is 4. The summed E-state index contributed by atoms with van der Waals surface area (Å²) < 4.78 is 0. The fourth-order valence-corrected chi connectivity index (χ4v) is 3.22. The summed E-state index contributed by atoms with van der Waals surface area (Å²) in [5, 5.41) is 0. The number of primary amides is 1. The first-order valence-corrected chi connectivity index (χ1v) is 8.05. The Kier molecular flexibility index (Phi) is 5.99. The van der Waals surface area contributed by atoms with E-state index in [1.165, 1.54) is 12.8 Å². The maximum absolute atomic E-state index is 12.4. The van der Waals surface area contributed by atoms with Crippen molar-refractivity contribution in [2.45, 2.75) is 38.1 Å². The second-order valence-electron chi connectivity index (χ2n) is 6.27. The molecule has 0 aromatic carbocycles. The predicted octanol–water partition coefficient (Wildman–Crippen LogP) is -0.120. The van der Waals surface area contributed by atoms with E-state index in [0.29, 0.717) is 25.4 Å². The Bertz CT molecular complexity index is 367. The van der Waals surface area contributed by atoms with Crippen LogP contribution in [0.25, 0.3) is 0 Å². The number of carbonyl (C=O) groups is 2. The highest BCUT2D eigenvalue weighted by Gasteiger charge is 2.26. The van der Waals surface area contributed by atoms with E-state index in [4.69, 9.17) is 5.73 Å². The molecule has 2 aliphatic heterocycles. The molecule has 0 unspecified atom stereocenters. The molecule has 0 aliphatic carbocycles. The van der Waals surface area contributed by atoms with Crippen molar-refractivity contribution in [1.29, 1.82) is 0 Å². The lowest BCUT2D eigenvalue weighted by atomic mass is 9.99. The van der Waals surface area contributed by atoms with Gasteiger partial charge in [-0.15, -0.1) is 0 Å². The summed E-state index contributed by atoms with van der Waals surface area (Å²) in [6.07, 6.45) is 4.68. The Morgan fingerprint density at radius 3 is 2.43 bits per heavy atom. The lowest BCUT2D eigenvalue weighted by molar-refractivity contribution is -0.134. The quantitative estimate of drug-likeness (QED) is 0.768. The fraction of sp³-hybridized carbons (Fsp3) is 0.867. The Morgan fingerprint density at radius 1 is 1.10 bits per heavy atom. The maximum atomic E-state index is 12.4. The van der Waals surface area contributed by atoms with E-state index in [-0.39, 0.29) is 11.8 Å². The van der Waals surface area contributed by atoms with Gasteiger partial charge in [0.2, 0.25) is 11.8 Å². The van der Waals surface area contributed by atoms with Gasteiger partial charge in [0.1, 0.15) is 0 Å². The van der Waals surface area contributed by atoms with Crippen molar-refractivity contribution in [3.63, 3.8) is 0 Å². The number of hydrogen-bond donors (Lipinski definition) is 1. The van der Waals surface area contributed by atoms with Gasteiger partial charge in [-0.1, -0.05) is 6.42 Å². The number of amides is 2. The molecule has 120 valence electrons. The highest BCUT2D eigenvalue weighted by molar-refractivity contribution is 5.77. The summed E-state index contributed by atoms with van der Waals surface area (Å²) in [6.45, 7) is 5.06. The molecule has 0 bridgehead atoms. The van der Waals surface area contributed by atoms with Gasteiger partial charge in [0.25, 0.3) is 0 Å². The van der Waals surface area contributed by atoms with Crippen molar-refractivity contribution in [1.82, 2.24) is 14.7 Å². The topological polar surface area (TPSA) is 69.9 Å². The summed E-state index contributed by atoms with van der Waals surface area (Å²) in [5.74, 6) is 0.0251. The first kappa shape index (κ1) is 16.2. The Morgan fingerprint density at radius 2 is 1.81 bits per heavy atom. The minimum atomic E-state index is -0.256. The molecule has 0 aromatic rings. The number of nitrogens with two attached hydrogens (primary N) is 1. The zero-order chi connectivity index (χ0) is 15.2. The van der Waals surface area contributed by atoms with E-state index in [1.54, 1.807) is 0 Å². The molecule has 2 aliphatic rings. The Hall–Kier alpha value is -1.14. The first-order valence-electron chi connectivity index (χ1n) is 8.05. The zero-order valence-corrected chi connectivity index (χ0v) is 13.1. The van der Waals surface area contributed by atoms with Crippen molar-refractivity contribution in [3.05, 3.63) is 0 Å². The van der Waals surface area contributed by atoms with Gasteiger partial charge in [-0.2, -0.15) is 0 Å². The monoisotopic (exact) mass is 296 g/mol. The van der Waals surface area contributed by atoms with Gasteiger partial charge in [-0.25, -0.2) is 0 Å².